The lowest BCUT2D eigenvalue weighted by Gasteiger charge is -1.85. The van der Waals surface area contributed by atoms with Crippen molar-refractivity contribution >= 4 is 0 Å². The summed E-state index contributed by atoms with van der Waals surface area (Å²) in [6, 6.07) is 0. The average molecular weight is 232 g/mol. The molecule has 0 aromatic heterocycles. The number of hydrogen-bond acceptors (Lipinski definition) is 4. The Bertz CT molecular complexity index is 147. The molecule has 4 N–H and O–H groups in total. The van der Waals surface area contributed by atoms with Crippen LogP contribution in [0.5, 0.6) is 0 Å². The van der Waals surface area contributed by atoms with Gasteiger partial charge in [0, 0.05) is 19.8 Å². The van der Waals surface area contributed by atoms with Crippen LogP contribution in [0.1, 0.15) is 25.7 Å². The summed E-state index contributed by atoms with van der Waals surface area (Å²) in [6.45, 7) is 0.727. The van der Waals surface area contributed by atoms with Gasteiger partial charge in [-0.25, -0.2) is 0 Å². The van der Waals surface area contributed by atoms with Crippen molar-refractivity contribution in [2.45, 2.75) is 25.7 Å². The number of allylic oxidation sites excluding steroid dienone is 1. The van der Waals surface area contributed by atoms with Gasteiger partial charge >= 0.3 is 0 Å². The summed E-state index contributed by atoms with van der Waals surface area (Å²) in [4.78, 5) is 0. The van der Waals surface area contributed by atoms with E-state index in [2.05, 4.69) is 0 Å². The molecule has 0 aliphatic rings. The van der Waals surface area contributed by atoms with E-state index in [1.165, 1.54) is 0 Å². The minimum absolute atomic E-state index is 0.103. The lowest BCUT2D eigenvalue weighted by Crippen LogP contribution is -1.79. The van der Waals surface area contributed by atoms with Gasteiger partial charge in [0.15, 0.2) is 0 Å². The van der Waals surface area contributed by atoms with Crippen molar-refractivity contribution < 1.29 is 20.4 Å². The standard InChI is InChI=1S/2C6H12O2/c2*7-5-3-1-2-4-6-8/h1,3,7-8H,2,4-6H2;1-2,7-8H,3-6H2. The maximum Gasteiger partial charge on any atom is 0.0612 e. The Hall–Kier alpha value is -0.680. The monoisotopic (exact) mass is 232 g/mol. The zero-order valence-electron chi connectivity index (χ0n) is 9.76. The highest BCUT2D eigenvalue weighted by Gasteiger charge is 1.76. The lowest BCUT2D eigenvalue weighted by atomic mass is 10.3. The average Bonchev–Trinajstić information content (AvgIpc) is 2.31. The van der Waals surface area contributed by atoms with E-state index in [-0.39, 0.29) is 26.4 Å². The highest BCUT2D eigenvalue weighted by molar-refractivity contribution is 4.80. The van der Waals surface area contributed by atoms with Crippen LogP contribution in [0.3, 0.4) is 0 Å². The van der Waals surface area contributed by atoms with E-state index >= 15 is 0 Å². The van der Waals surface area contributed by atoms with Gasteiger partial charge in [0.25, 0.3) is 0 Å². The number of aliphatic hydroxyl groups excluding tert-OH is 4. The van der Waals surface area contributed by atoms with E-state index in [0.29, 0.717) is 12.8 Å². The highest BCUT2D eigenvalue weighted by Crippen LogP contribution is 1.87. The third-order valence-corrected chi connectivity index (χ3v) is 1.56. The number of unbranched alkanes of at least 4 members (excludes halogenated alkanes) is 1. The predicted molar refractivity (Wildman–Crippen MR) is 65.1 cm³/mol. The maximum absolute atomic E-state index is 8.27. The van der Waals surface area contributed by atoms with Gasteiger partial charge in [-0.2, -0.15) is 0 Å². The lowest BCUT2D eigenvalue weighted by molar-refractivity contribution is 0.289. The predicted octanol–water partition coefficient (Wildman–Crippen LogP) is 0.615. The van der Waals surface area contributed by atoms with E-state index in [0.717, 1.165) is 12.8 Å². The zero-order chi connectivity index (χ0) is 12.5. The van der Waals surface area contributed by atoms with Crippen molar-refractivity contribution in [3.05, 3.63) is 24.3 Å². The highest BCUT2D eigenvalue weighted by atomic mass is 16.3. The number of hydrogen-bond donors (Lipinski definition) is 4. The summed E-state index contributed by atoms with van der Waals surface area (Å²) in [6.07, 6.45) is 10.3. The van der Waals surface area contributed by atoms with Crippen LogP contribution in [-0.4, -0.2) is 46.9 Å². The fourth-order valence-corrected chi connectivity index (χ4v) is 0.786. The SMILES string of the molecule is OCC=CCCCO.OCCC=CCCO. The third-order valence-electron chi connectivity index (χ3n) is 1.56. The molecule has 0 aliphatic carbocycles. The molecule has 4 heteroatoms. The summed E-state index contributed by atoms with van der Waals surface area (Å²) in [5.74, 6) is 0. The second kappa shape index (κ2) is 19.8. The van der Waals surface area contributed by atoms with Crippen molar-refractivity contribution in [3.63, 3.8) is 0 Å². The largest absolute Gasteiger partial charge is 0.396 e. The molecule has 0 saturated carbocycles. The van der Waals surface area contributed by atoms with Gasteiger partial charge in [-0.15, -0.1) is 0 Å². The van der Waals surface area contributed by atoms with Crippen LogP contribution in [-0.2, 0) is 0 Å². The number of aliphatic hydroxyl groups is 4. The number of rotatable bonds is 8. The molecule has 0 saturated heterocycles. The molecule has 16 heavy (non-hydrogen) atoms. The Morgan fingerprint density at radius 2 is 1.06 bits per heavy atom. The second-order valence-corrected chi connectivity index (χ2v) is 3.02. The quantitative estimate of drug-likeness (QED) is 0.365. The fraction of sp³-hybridized carbons (Fsp3) is 0.667. The molecular formula is C12H24O4. The normalized spacial score (nSPS) is 10.8. The summed E-state index contributed by atoms with van der Waals surface area (Å²) in [5, 5.41) is 33.0. The Balaban J connectivity index is 0. The minimum Gasteiger partial charge on any atom is -0.396 e. The van der Waals surface area contributed by atoms with Crippen LogP contribution >= 0.6 is 0 Å². The van der Waals surface area contributed by atoms with E-state index in [4.69, 9.17) is 20.4 Å². The van der Waals surface area contributed by atoms with Gasteiger partial charge < -0.3 is 20.4 Å². The third kappa shape index (κ3) is 23.3. The van der Waals surface area contributed by atoms with Crippen molar-refractivity contribution in [1.82, 2.24) is 0 Å². The molecule has 0 spiro atoms. The van der Waals surface area contributed by atoms with Gasteiger partial charge in [0.05, 0.1) is 6.61 Å². The summed E-state index contributed by atoms with van der Waals surface area (Å²) in [5.41, 5.74) is 0. The molecule has 0 radical (unpaired) electrons. The molecule has 0 aromatic carbocycles. The molecule has 0 amide bonds. The van der Waals surface area contributed by atoms with Crippen LogP contribution in [0.4, 0.5) is 0 Å². The fourth-order valence-electron chi connectivity index (χ4n) is 0.786. The Morgan fingerprint density at radius 3 is 1.44 bits per heavy atom. The molecule has 0 heterocycles. The first-order valence-corrected chi connectivity index (χ1v) is 5.56. The molecular weight excluding hydrogens is 208 g/mol. The first-order valence-electron chi connectivity index (χ1n) is 5.56. The van der Waals surface area contributed by atoms with Crippen molar-refractivity contribution in [2.75, 3.05) is 26.4 Å². The smallest absolute Gasteiger partial charge is 0.0612 e. The Morgan fingerprint density at radius 1 is 0.562 bits per heavy atom. The molecule has 0 bridgehead atoms. The van der Waals surface area contributed by atoms with E-state index in [9.17, 15) is 0 Å². The van der Waals surface area contributed by atoms with Gasteiger partial charge in [0.2, 0.25) is 0 Å². The van der Waals surface area contributed by atoms with E-state index < -0.39 is 0 Å². The van der Waals surface area contributed by atoms with Gasteiger partial charge in [-0.1, -0.05) is 24.3 Å². The second-order valence-electron chi connectivity index (χ2n) is 3.02. The van der Waals surface area contributed by atoms with Crippen molar-refractivity contribution in [1.29, 1.82) is 0 Å². The first-order chi connectivity index (χ1) is 7.83. The molecule has 0 unspecified atom stereocenters. The van der Waals surface area contributed by atoms with Crippen LogP contribution < -0.4 is 0 Å². The Labute approximate surface area is 97.6 Å². The van der Waals surface area contributed by atoms with Gasteiger partial charge in [-0.3, -0.25) is 0 Å². The topological polar surface area (TPSA) is 80.9 Å². The first kappa shape index (κ1) is 17.7. The molecule has 0 aliphatic heterocycles. The summed E-state index contributed by atoms with van der Waals surface area (Å²) < 4.78 is 0. The summed E-state index contributed by atoms with van der Waals surface area (Å²) in [7, 11) is 0. The van der Waals surface area contributed by atoms with E-state index in [1.54, 1.807) is 6.08 Å². The van der Waals surface area contributed by atoms with Crippen LogP contribution in [0.2, 0.25) is 0 Å². The van der Waals surface area contributed by atoms with Crippen molar-refractivity contribution in [3.8, 4) is 0 Å². The minimum atomic E-state index is 0.103. The molecule has 0 rings (SSSR count). The zero-order valence-corrected chi connectivity index (χ0v) is 9.76. The van der Waals surface area contributed by atoms with Crippen LogP contribution in [0.25, 0.3) is 0 Å². The van der Waals surface area contributed by atoms with E-state index in [1.807, 2.05) is 18.2 Å². The maximum atomic E-state index is 8.27. The molecule has 0 fully saturated rings. The Kier molecular flexibility index (Phi) is 21.9. The molecule has 96 valence electrons. The van der Waals surface area contributed by atoms with Gasteiger partial charge in [-0.05, 0) is 25.7 Å². The van der Waals surface area contributed by atoms with Crippen LogP contribution in [0.15, 0.2) is 24.3 Å². The molecule has 0 aromatic rings. The summed E-state index contributed by atoms with van der Waals surface area (Å²) >= 11 is 0. The van der Waals surface area contributed by atoms with Crippen LogP contribution in [0, 0.1) is 0 Å². The van der Waals surface area contributed by atoms with Gasteiger partial charge in [0.1, 0.15) is 0 Å². The van der Waals surface area contributed by atoms with Crippen molar-refractivity contribution in [2.24, 2.45) is 0 Å². The molecule has 0 atom stereocenters. The molecule has 4 nitrogen and oxygen atoms in total.